The van der Waals surface area contributed by atoms with Gasteiger partial charge in [0.2, 0.25) is 5.91 Å². The summed E-state index contributed by atoms with van der Waals surface area (Å²) in [5, 5.41) is 3.05. The van der Waals surface area contributed by atoms with Gasteiger partial charge in [-0.3, -0.25) is 9.78 Å². The zero-order valence-corrected chi connectivity index (χ0v) is 15.7. The zero-order chi connectivity index (χ0) is 19.1. The van der Waals surface area contributed by atoms with Crippen LogP contribution < -0.4 is 10.1 Å². The Kier molecular flexibility index (Phi) is 6.21. The average Bonchev–Trinajstić information content (AvgIpc) is 2.69. The molecule has 1 heterocycles. The Morgan fingerprint density at radius 3 is 2.63 bits per heavy atom. The lowest BCUT2D eigenvalue weighted by molar-refractivity contribution is -0.121. The highest BCUT2D eigenvalue weighted by atomic mass is 16.5. The average molecular weight is 360 g/mol. The molecule has 0 aliphatic carbocycles. The minimum Gasteiger partial charge on any atom is -0.487 e. The van der Waals surface area contributed by atoms with Crippen molar-refractivity contribution in [1.82, 2.24) is 10.3 Å². The van der Waals surface area contributed by atoms with E-state index in [1.54, 1.807) is 6.20 Å². The summed E-state index contributed by atoms with van der Waals surface area (Å²) in [6.07, 6.45) is 2.13. The van der Waals surface area contributed by atoms with Gasteiger partial charge in [-0.15, -0.1) is 0 Å². The zero-order valence-electron chi connectivity index (χ0n) is 15.7. The maximum atomic E-state index is 12.3. The normalized spacial score (nSPS) is 11.6. The molecule has 0 spiro atoms. The molecule has 0 saturated heterocycles. The summed E-state index contributed by atoms with van der Waals surface area (Å²) in [4.78, 5) is 16.6. The Morgan fingerprint density at radius 2 is 1.89 bits per heavy atom. The van der Waals surface area contributed by atoms with Gasteiger partial charge >= 0.3 is 0 Å². The highest BCUT2D eigenvalue weighted by Gasteiger charge is 2.11. The number of amides is 1. The van der Waals surface area contributed by atoms with Gasteiger partial charge < -0.3 is 10.1 Å². The SMILES string of the molecule is Cc1ccc(CC(=O)NC(C)c2cccc(OCc3ccccn3)c2)cc1. The number of hydrogen-bond acceptors (Lipinski definition) is 3. The molecule has 1 atom stereocenters. The molecule has 1 N–H and O–H groups in total. The number of nitrogens with zero attached hydrogens (tertiary/aromatic N) is 1. The molecule has 4 nitrogen and oxygen atoms in total. The summed E-state index contributed by atoms with van der Waals surface area (Å²) in [5.74, 6) is 0.768. The van der Waals surface area contributed by atoms with Crippen LogP contribution in [0.25, 0.3) is 0 Å². The molecule has 0 radical (unpaired) electrons. The molecule has 0 saturated carbocycles. The highest BCUT2D eigenvalue weighted by Crippen LogP contribution is 2.20. The lowest BCUT2D eigenvalue weighted by Gasteiger charge is -2.16. The molecule has 0 bridgehead atoms. The number of pyridine rings is 1. The Hall–Kier alpha value is -3.14. The number of aryl methyl sites for hydroxylation is 1. The number of carbonyl (C=O) groups excluding carboxylic acids is 1. The van der Waals surface area contributed by atoms with E-state index in [1.807, 2.05) is 80.6 Å². The van der Waals surface area contributed by atoms with E-state index in [2.05, 4.69) is 10.3 Å². The first-order chi connectivity index (χ1) is 13.1. The third kappa shape index (κ3) is 5.68. The summed E-state index contributed by atoms with van der Waals surface area (Å²) in [7, 11) is 0. The van der Waals surface area contributed by atoms with Gasteiger partial charge in [-0.25, -0.2) is 0 Å². The first-order valence-corrected chi connectivity index (χ1v) is 9.08. The fourth-order valence-electron chi connectivity index (χ4n) is 2.78. The first-order valence-electron chi connectivity index (χ1n) is 9.08. The van der Waals surface area contributed by atoms with Gasteiger partial charge in [0, 0.05) is 6.20 Å². The van der Waals surface area contributed by atoms with Crippen molar-refractivity contribution in [3.8, 4) is 5.75 Å². The van der Waals surface area contributed by atoms with Gasteiger partial charge in [0.25, 0.3) is 0 Å². The number of carbonyl (C=O) groups is 1. The van der Waals surface area contributed by atoms with Crippen molar-refractivity contribution in [2.24, 2.45) is 0 Å². The Labute approximate surface area is 160 Å². The number of rotatable bonds is 7. The molecule has 2 aromatic carbocycles. The molecule has 3 aromatic rings. The van der Waals surface area contributed by atoms with Crippen molar-refractivity contribution in [2.75, 3.05) is 0 Å². The van der Waals surface area contributed by atoms with Crippen LogP contribution in [0, 0.1) is 6.92 Å². The van der Waals surface area contributed by atoms with E-state index >= 15 is 0 Å². The van der Waals surface area contributed by atoms with Gasteiger partial charge in [0.15, 0.2) is 0 Å². The van der Waals surface area contributed by atoms with Crippen molar-refractivity contribution in [2.45, 2.75) is 32.9 Å². The molecule has 27 heavy (non-hydrogen) atoms. The van der Waals surface area contributed by atoms with Crippen molar-refractivity contribution in [3.63, 3.8) is 0 Å². The summed E-state index contributed by atoms with van der Waals surface area (Å²) in [6.45, 7) is 4.43. The predicted molar refractivity (Wildman–Crippen MR) is 106 cm³/mol. The second kappa shape index (κ2) is 8.99. The Bertz CT molecular complexity index is 876. The van der Waals surface area contributed by atoms with Gasteiger partial charge in [0.05, 0.1) is 18.2 Å². The Morgan fingerprint density at radius 1 is 1.07 bits per heavy atom. The lowest BCUT2D eigenvalue weighted by atomic mass is 10.1. The second-order valence-corrected chi connectivity index (χ2v) is 6.63. The van der Waals surface area contributed by atoms with Gasteiger partial charge in [-0.2, -0.15) is 0 Å². The smallest absolute Gasteiger partial charge is 0.224 e. The first kappa shape index (κ1) is 18.6. The van der Waals surface area contributed by atoms with E-state index in [1.165, 1.54) is 5.56 Å². The number of aromatic nitrogens is 1. The molecule has 1 amide bonds. The van der Waals surface area contributed by atoms with Gasteiger partial charge in [-0.1, -0.05) is 48.0 Å². The predicted octanol–water partition coefficient (Wildman–Crippen LogP) is 4.39. The topological polar surface area (TPSA) is 51.2 Å². The maximum absolute atomic E-state index is 12.3. The van der Waals surface area contributed by atoms with Crippen LogP contribution >= 0.6 is 0 Å². The van der Waals surface area contributed by atoms with Gasteiger partial charge in [0.1, 0.15) is 12.4 Å². The van der Waals surface area contributed by atoms with Gasteiger partial charge in [-0.05, 0) is 49.2 Å². The summed E-state index contributed by atoms with van der Waals surface area (Å²) < 4.78 is 5.82. The van der Waals surface area contributed by atoms with Crippen molar-refractivity contribution >= 4 is 5.91 Å². The van der Waals surface area contributed by atoms with E-state index in [4.69, 9.17) is 4.74 Å². The fourth-order valence-corrected chi connectivity index (χ4v) is 2.78. The van der Waals surface area contributed by atoms with Crippen LogP contribution in [0.15, 0.2) is 72.9 Å². The summed E-state index contributed by atoms with van der Waals surface area (Å²) >= 11 is 0. The van der Waals surface area contributed by atoms with Crippen LogP contribution in [0.5, 0.6) is 5.75 Å². The monoisotopic (exact) mass is 360 g/mol. The van der Waals surface area contributed by atoms with E-state index in [0.29, 0.717) is 13.0 Å². The minimum absolute atomic E-state index is 0.00570. The Balaban J connectivity index is 1.56. The molecule has 1 aromatic heterocycles. The maximum Gasteiger partial charge on any atom is 0.224 e. The number of nitrogens with one attached hydrogen (secondary N) is 1. The number of benzene rings is 2. The van der Waals surface area contributed by atoms with Crippen molar-refractivity contribution in [1.29, 1.82) is 0 Å². The molecule has 0 aliphatic heterocycles. The number of ether oxygens (including phenoxy) is 1. The quantitative estimate of drug-likeness (QED) is 0.680. The lowest BCUT2D eigenvalue weighted by Crippen LogP contribution is -2.28. The number of hydrogen-bond donors (Lipinski definition) is 1. The molecular weight excluding hydrogens is 336 g/mol. The van der Waals surface area contributed by atoms with Crippen LogP contribution in [0.1, 0.15) is 35.3 Å². The molecule has 0 fully saturated rings. The van der Waals surface area contributed by atoms with Crippen LogP contribution in [0.3, 0.4) is 0 Å². The molecule has 138 valence electrons. The second-order valence-electron chi connectivity index (χ2n) is 6.63. The van der Waals surface area contributed by atoms with E-state index in [0.717, 1.165) is 22.6 Å². The van der Waals surface area contributed by atoms with Crippen LogP contribution in [-0.4, -0.2) is 10.9 Å². The standard InChI is InChI=1S/C23H24N2O2/c1-17-9-11-19(12-10-17)14-23(26)25-18(2)20-6-5-8-22(15-20)27-16-21-7-3-4-13-24-21/h3-13,15,18H,14,16H2,1-2H3,(H,25,26). The molecule has 4 heteroatoms. The van der Waals surface area contributed by atoms with E-state index < -0.39 is 0 Å². The highest BCUT2D eigenvalue weighted by molar-refractivity contribution is 5.79. The van der Waals surface area contributed by atoms with Crippen LogP contribution in [0.2, 0.25) is 0 Å². The van der Waals surface area contributed by atoms with Crippen LogP contribution in [0.4, 0.5) is 0 Å². The third-order valence-electron chi connectivity index (χ3n) is 4.33. The largest absolute Gasteiger partial charge is 0.487 e. The fraction of sp³-hybridized carbons (Fsp3) is 0.217. The molecule has 3 rings (SSSR count). The van der Waals surface area contributed by atoms with Crippen molar-refractivity contribution in [3.05, 3.63) is 95.3 Å². The summed E-state index contributed by atoms with van der Waals surface area (Å²) in [5.41, 5.74) is 4.08. The minimum atomic E-state index is -0.0960. The van der Waals surface area contributed by atoms with E-state index in [9.17, 15) is 4.79 Å². The molecule has 0 aliphatic rings. The van der Waals surface area contributed by atoms with E-state index in [-0.39, 0.29) is 11.9 Å². The summed E-state index contributed by atoms with van der Waals surface area (Å²) in [6, 6.07) is 21.5. The molecule has 1 unspecified atom stereocenters. The van der Waals surface area contributed by atoms with Crippen LogP contribution in [-0.2, 0) is 17.8 Å². The van der Waals surface area contributed by atoms with Crippen molar-refractivity contribution < 1.29 is 9.53 Å². The molecular formula is C23H24N2O2. The third-order valence-corrected chi connectivity index (χ3v) is 4.33.